The molecular formula is C17H26N3O2+. The quantitative estimate of drug-likeness (QED) is 0.765. The Morgan fingerprint density at radius 1 is 1.18 bits per heavy atom. The van der Waals surface area contributed by atoms with E-state index in [1.807, 2.05) is 6.92 Å². The Balaban J connectivity index is 1.97. The van der Waals surface area contributed by atoms with E-state index in [0.29, 0.717) is 23.1 Å². The molecule has 1 aliphatic rings. The molecule has 22 heavy (non-hydrogen) atoms. The van der Waals surface area contributed by atoms with Crippen molar-refractivity contribution in [3.8, 4) is 0 Å². The predicted octanol–water partition coefficient (Wildman–Crippen LogP) is 0.673. The van der Waals surface area contributed by atoms with Crippen LogP contribution in [0.15, 0.2) is 24.3 Å². The average molecular weight is 304 g/mol. The molecule has 2 amide bonds. The molecule has 5 heteroatoms. The van der Waals surface area contributed by atoms with Crippen LogP contribution in [0.25, 0.3) is 0 Å². The van der Waals surface area contributed by atoms with Crippen LogP contribution in [0.4, 0.5) is 5.69 Å². The van der Waals surface area contributed by atoms with Crippen LogP contribution in [0.3, 0.4) is 0 Å². The Kier molecular flexibility index (Phi) is 5.19. The van der Waals surface area contributed by atoms with Crippen molar-refractivity contribution < 1.29 is 14.5 Å². The molecule has 1 heterocycles. The molecule has 1 aromatic carbocycles. The molecule has 4 N–H and O–H groups in total. The summed E-state index contributed by atoms with van der Waals surface area (Å²) in [5.41, 5.74) is 6.34. The zero-order valence-electron chi connectivity index (χ0n) is 13.6. The molecule has 0 unspecified atom stereocenters. The zero-order valence-corrected chi connectivity index (χ0v) is 13.6. The molecule has 0 spiro atoms. The van der Waals surface area contributed by atoms with Gasteiger partial charge >= 0.3 is 0 Å². The summed E-state index contributed by atoms with van der Waals surface area (Å²) in [7, 11) is 0. The third kappa shape index (κ3) is 4.07. The van der Waals surface area contributed by atoms with Crippen molar-refractivity contribution in [1.82, 2.24) is 0 Å². The van der Waals surface area contributed by atoms with Gasteiger partial charge in [0.2, 0.25) is 5.91 Å². The number of amides is 2. The summed E-state index contributed by atoms with van der Waals surface area (Å²) in [5.74, 6) is 0.864. The van der Waals surface area contributed by atoms with Gasteiger partial charge in [0.15, 0.2) is 6.04 Å². The number of hydrogen-bond acceptors (Lipinski definition) is 2. The summed E-state index contributed by atoms with van der Waals surface area (Å²) in [6.07, 6.45) is 1.24. The van der Waals surface area contributed by atoms with Crippen molar-refractivity contribution in [2.75, 3.05) is 18.4 Å². The number of nitrogens with one attached hydrogen (secondary N) is 2. The number of rotatable bonds is 4. The highest BCUT2D eigenvalue weighted by molar-refractivity contribution is 5.95. The van der Waals surface area contributed by atoms with Gasteiger partial charge in [-0.25, -0.2) is 0 Å². The lowest BCUT2D eigenvalue weighted by Crippen LogP contribution is -3.18. The highest BCUT2D eigenvalue weighted by Gasteiger charge is 2.32. The molecule has 0 bridgehead atoms. The van der Waals surface area contributed by atoms with Gasteiger partial charge in [-0.05, 0) is 37.6 Å². The Labute approximate surface area is 131 Å². The average Bonchev–Trinajstić information content (AvgIpc) is 2.46. The van der Waals surface area contributed by atoms with Crippen LogP contribution in [0.1, 0.15) is 37.6 Å². The van der Waals surface area contributed by atoms with E-state index in [2.05, 4.69) is 19.2 Å². The van der Waals surface area contributed by atoms with Crippen molar-refractivity contribution >= 4 is 17.5 Å². The van der Waals surface area contributed by atoms with Gasteiger partial charge in [0.25, 0.3) is 5.91 Å². The monoisotopic (exact) mass is 304 g/mol. The SMILES string of the molecule is C[C@@H]1C[C@@H](C)C[NH+]([C@@H](C)C(=O)Nc2ccc(C(N)=O)cc2)C1. The maximum absolute atomic E-state index is 12.4. The topological polar surface area (TPSA) is 76.6 Å². The lowest BCUT2D eigenvalue weighted by Gasteiger charge is -2.35. The van der Waals surface area contributed by atoms with Gasteiger partial charge in [0, 0.05) is 23.1 Å². The fourth-order valence-corrected chi connectivity index (χ4v) is 3.34. The molecule has 3 atom stereocenters. The van der Waals surface area contributed by atoms with Crippen molar-refractivity contribution in [3.05, 3.63) is 29.8 Å². The standard InChI is InChI=1S/C17H25N3O2/c1-11-8-12(2)10-20(9-11)13(3)17(22)19-15-6-4-14(5-7-15)16(18)21/h4-7,11-13H,8-10H2,1-3H3,(H2,18,21)(H,19,22)/p+1/t11-,12-,13+/m1/s1. The van der Waals surface area contributed by atoms with E-state index in [0.717, 1.165) is 13.1 Å². The van der Waals surface area contributed by atoms with E-state index in [1.165, 1.54) is 11.3 Å². The van der Waals surface area contributed by atoms with E-state index in [-0.39, 0.29) is 11.9 Å². The number of quaternary nitrogens is 1. The molecule has 2 rings (SSSR count). The number of anilines is 1. The van der Waals surface area contributed by atoms with Crippen LogP contribution in [0.5, 0.6) is 0 Å². The Morgan fingerprint density at radius 3 is 2.23 bits per heavy atom. The predicted molar refractivity (Wildman–Crippen MR) is 86.7 cm³/mol. The van der Waals surface area contributed by atoms with Gasteiger partial charge < -0.3 is 16.0 Å². The van der Waals surface area contributed by atoms with E-state index in [9.17, 15) is 9.59 Å². The second-order valence-electron chi connectivity index (χ2n) is 6.67. The first-order valence-electron chi connectivity index (χ1n) is 7.92. The maximum atomic E-state index is 12.4. The summed E-state index contributed by atoms with van der Waals surface area (Å²) >= 11 is 0. The summed E-state index contributed by atoms with van der Waals surface area (Å²) in [5, 5.41) is 2.92. The van der Waals surface area contributed by atoms with Crippen LogP contribution < -0.4 is 16.0 Å². The Hall–Kier alpha value is -1.88. The summed E-state index contributed by atoms with van der Waals surface area (Å²) in [4.78, 5) is 24.8. The van der Waals surface area contributed by atoms with Gasteiger partial charge in [0.05, 0.1) is 13.1 Å². The number of primary amides is 1. The third-order valence-electron chi connectivity index (χ3n) is 4.47. The minimum absolute atomic E-state index is 0.0168. The molecular weight excluding hydrogens is 278 g/mol. The molecule has 0 radical (unpaired) electrons. The summed E-state index contributed by atoms with van der Waals surface area (Å²) in [6.45, 7) is 8.57. The molecule has 0 aromatic heterocycles. The first-order valence-corrected chi connectivity index (χ1v) is 7.92. The molecule has 1 aromatic rings. The number of likely N-dealkylation sites (tertiary alicyclic amines) is 1. The van der Waals surface area contributed by atoms with E-state index in [1.54, 1.807) is 24.3 Å². The van der Waals surface area contributed by atoms with E-state index in [4.69, 9.17) is 5.73 Å². The van der Waals surface area contributed by atoms with Crippen molar-refractivity contribution in [3.63, 3.8) is 0 Å². The molecule has 0 saturated carbocycles. The van der Waals surface area contributed by atoms with Crippen molar-refractivity contribution in [2.45, 2.75) is 33.2 Å². The first kappa shape index (κ1) is 16.5. The summed E-state index contributed by atoms with van der Waals surface area (Å²) < 4.78 is 0. The minimum Gasteiger partial charge on any atom is -0.366 e. The van der Waals surface area contributed by atoms with Gasteiger partial charge in [-0.3, -0.25) is 9.59 Å². The van der Waals surface area contributed by atoms with Crippen molar-refractivity contribution in [2.24, 2.45) is 17.6 Å². The summed E-state index contributed by atoms with van der Waals surface area (Å²) in [6, 6.07) is 6.59. The van der Waals surface area contributed by atoms with Gasteiger partial charge in [0.1, 0.15) is 0 Å². The molecule has 120 valence electrons. The van der Waals surface area contributed by atoms with Crippen LogP contribution in [0, 0.1) is 11.8 Å². The second-order valence-corrected chi connectivity index (χ2v) is 6.67. The van der Waals surface area contributed by atoms with Gasteiger partial charge in [-0.1, -0.05) is 13.8 Å². The Bertz CT molecular complexity index is 531. The first-order chi connectivity index (χ1) is 10.4. The number of piperidine rings is 1. The maximum Gasteiger partial charge on any atom is 0.282 e. The number of carbonyl (C=O) groups is 2. The largest absolute Gasteiger partial charge is 0.366 e. The lowest BCUT2D eigenvalue weighted by atomic mass is 9.91. The zero-order chi connectivity index (χ0) is 16.3. The second kappa shape index (κ2) is 6.92. The highest BCUT2D eigenvalue weighted by Crippen LogP contribution is 2.13. The minimum atomic E-state index is -0.466. The van der Waals surface area contributed by atoms with Crippen LogP contribution in [-0.4, -0.2) is 30.9 Å². The Morgan fingerprint density at radius 2 is 1.73 bits per heavy atom. The number of benzene rings is 1. The van der Waals surface area contributed by atoms with Gasteiger partial charge in [-0.15, -0.1) is 0 Å². The highest BCUT2D eigenvalue weighted by atomic mass is 16.2. The van der Waals surface area contributed by atoms with Crippen molar-refractivity contribution in [1.29, 1.82) is 0 Å². The fourth-order valence-electron chi connectivity index (χ4n) is 3.34. The normalized spacial score (nSPS) is 26.2. The lowest BCUT2D eigenvalue weighted by molar-refractivity contribution is -0.925. The fraction of sp³-hybridized carbons (Fsp3) is 0.529. The molecule has 5 nitrogen and oxygen atoms in total. The van der Waals surface area contributed by atoms with Gasteiger partial charge in [-0.2, -0.15) is 0 Å². The smallest absolute Gasteiger partial charge is 0.282 e. The van der Waals surface area contributed by atoms with E-state index < -0.39 is 5.91 Å². The number of carbonyl (C=O) groups excluding carboxylic acids is 2. The van der Waals surface area contributed by atoms with E-state index >= 15 is 0 Å². The van der Waals surface area contributed by atoms with Crippen LogP contribution in [-0.2, 0) is 4.79 Å². The number of hydrogen-bond donors (Lipinski definition) is 3. The van der Waals surface area contributed by atoms with Crippen LogP contribution >= 0.6 is 0 Å². The molecule has 1 fully saturated rings. The number of nitrogens with two attached hydrogens (primary N) is 1. The molecule has 1 saturated heterocycles. The molecule has 1 aliphatic heterocycles. The third-order valence-corrected chi connectivity index (χ3v) is 4.47. The molecule has 0 aliphatic carbocycles. The van der Waals surface area contributed by atoms with Crippen LogP contribution in [0.2, 0.25) is 0 Å².